The first kappa shape index (κ1) is 21.6. The van der Waals surface area contributed by atoms with Crippen LogP contribution in [0.4, 0.5) is 0 Å². The molecular formula is C21H29N3O4. The molecule has 28 heavy (non-hydrogen) atoms. The monoisotopic (exact) mass is 387 g/mol. The smallest absolute Gasteiger partial charge is 0.306 e. The number of rotatable bonds is 10. The summed E-state index contributed by atoms with van der Waals surface area (Å²) in [6.07, 6.45) is 2.00. The van der Waals surface area contributed by atoms with Crippen LogP contribution in [0, 0.1) is 0 Å². The third-order valence-corrected chi connectivity index (χ3v) is 4.45. The summed E-state index contributed by atoms with van der Waals surface area (Å²) in [6.45, 7) is 6.71. The van der Waals surface area contributed by atoms with Crippen LogP contribution in [-0.4, -0.2) is 34.1 Å². The quantitative estimate of drug-likeness (QED) is 0.633. The molecule has 0 aliphatic rings. The number of fused-ring (bicyclic) bond motifs is 1. The zero-order valence-electron chi connectivity index (χ0n) is 16.9. The lowest BCUT2D eigenvalue weighted by Gasteiger charge is -2.14. The molecule has 0 aliphatic heterocycles. The molecule has 0 aliphatic carbocycles. The lowest BCUT2D eigenvalue weighted by molar-refractivity contribution is -0.154. The number of para-hydroxylation sites is 2. The van der Waals surface area contributed by atoms with Crippen LogP contribution in [0.3, 0.4) is 0 Å². The zero-order valence-corrected chi connectivity index (χ0v) is 16.9. The Morgan fingerprint density at radius 1 is 1.21 bits per heavy atom. The van der Waals surface area contributed by atoms with E-state index in [0.29, 0.717) is 18.8 Å². The van der Waals surface area contributed by atoms with Crippen LogP contribution in [0.15, 0.2) is 29.1 Å². The summed E-state index contributed by atoms with van der Waals surface area (Å²) in [4.78, 5) is 41.2. The highest BCUT2D eigenvalue weighted by Crippen LogP contribution is 2.12. The number of carbonyl (C=O) groups is 2. The summed E-state index contributed by atoms with van der Waals surface area (Å²) >= 11 is 0. The van der Waals surface area contributed by atoms with E-state index in [1.807, 2.05) is 31.2 Å². The highest BCUT2D eigenvalue weighted by molar-refractivity contribution is 5.83. The van der Waals surface area contributed by atoms with Crippen LogP contribution in [0.5, 0.6) is 0 Å². The maximum atomic E-state index is 12.8. The largest absolute Gasteiger partial charge is 0.453 e. The Hall–Kier alpha value is -2.70. The normalized spacial score (nSPS) is 12.0. The third kappa shape index (κ3) is 5.65. The van der Waals surface area contributed by atoms with Crippen molar-refractivity contribution in [2.24, 2.45) is 0 Å². The molecule has 1 atom stereocenters. The van der Waals surface area contributed by atoms with Gasteiger partial charge < -0.3 is 14.6 Å². The van der Waals surface area contributed by atoms with Gasteiger partial charge in [0.05, 0.1) is 17.5 Å². The molecule has 7 nitrogen and oxygen atoms in total. The Morgan fingerprint density at radius 2 is 1.96 bits per heavy atom. The Labute approximate surface area is 165 Å². The Morgan fingerprint density at radius 3 is 2.68 bits per heavy atom. The van der Waals surface area contributed by atoms with E-state index < -0.39 is 12.1 Å². The fraction of sp³-hybridized carbons (Fsp3) is 0.524. The average Bonchev–Trinajstić information content (AvgIpc) is 2.69. The van der Waals surface area contributed by atoms with Crippen molar-refractivity contribution in [1.29, 1.82) is 0 Å². The molecule has 0 saturated heterocycles. The molecule has 1 aromatic carbocycles. The minimum atomic E-state index is -0.857. The van der Waals surface area contributed by atoms with Crippen molar-refractivity contribution in [3.8, 4) is 0 Å². The summed E-state index contributed by atoms with van der Waals surface area (Å²) in [5.74, 6) is -0.838. The van der Waals surface area contributed by atoms with Gasteiger partial charge in [0.15, 0.2) is 6.10 Å². The Bertz CT molecular complexity index is 876. The van der Waals surface area contributed by atoms with Crippen LogP contribution >= 0.6 is 0 Å². The summed E-state index contributed by atoms with van der Waals surface area (Å²) in [5.41, 5.74) is 1.70. The fourth-order valence-electron chi connectivity index (χ4n) is 2.87. The van der Waals surface area contributed by atoms with Gasteiger partial charge in [-0.05, 0) is 31.9 Å². The molecule has 0 bridgehead atoms. The molecule has 0 radical (unpaired) electrons. The van der Waals surface area contributed by atoms with E-state index in [1.54, 1.807) is 4.57 Å². The van der Waals surface area contributed by atoms with Crippen LogP contribution in [0.25, 0.3) is 11.0 Å². The van der Waals surface area contributed by atoms with Gasteiger partial charge in [-0.2, -0.15) is 0 Å². The van der Waals surface area contributed by atoms with Gasteiger partial charge in [-0.1, -0.05) is 32.4 Å². The SMILES string of the molecule is CCCCn1c(=O)c(CCC(=O)O[C@H](C)C(=O)NCCC)nc2ccccc21. The van der Waals surface area contributed by atoms with Crippen molar-refractivity contribution in [3.63, 3.8) is 0 Å². The molecule has 7 heteroatoms. The number of aryl methyl sites for hydroxylation is 2. The van der Waals surface area contributed by atoms with Crippen LogP contribution in [0.1, 0.15) is 52.1 Å². The Balaban J connectivity index is 2.09. The van der Waals surface area contributed by atoms with Gasteiger partial charge in [0.2, 0.25) is 0 Å². The lowest BCUT2D eigenvalue weighted by Crippen LogP contribution is -2.36. The molecule has 0 unspecified atom stereocenters. The van der Waals surface area contributed by atoms with Crippen molar-refractivity contribution in [2.75, 3.05) is 6.54 Å². The van der Waals surface area contributed by atoms with Gasteiger partial charge in [-0.25, -0.2) is 4.98 Å². The number of hydrogen-bond donors (Lipinski definition) is 1. The third-order valence-electron chi connectivity index (χ3n) is 4.45. The molecule has 2 rings (SSSR count). The summed E-state index contributed by atoms with van der Waals surface area (Å²) < 4.78 is 6.90. The molecule has 0 saturated carbocycles. The van der Waals surface area contributed by atoms with Crippen molar-refractivity contribution in [1.82, 2.24) is 14.9 Å². The second kappa shape index (κ2) is 10.6. The summed E-state index contributed by atoms with van der Waals surface area (Å²) in [7, 11) is 0. The van der Waals surface area contributed by atoms with E-state index in [4.69, 9.17) is 4.74 Å². The van der Waals surface area contributed by atoms with Crippen LogP contribution in [0.2, 0.25) is 0 Å². The van der Waals surface area contributed by atoms with Gasteiger partial charge in [-0.3, -0.25) is 14.4 Å². The van der Waals surface area contributed by atoms with E-state index >= 15 is 0 Å². The number of esters is 1. The number of aromatic nitrogens is 2. The number of ether oxygens (including phenoxy) is 1. The highest BCUT2D eigenvalue weighted by atomic mass is 16.5. The second-order valence-corrected chi connectivity index (χ2v) is 6.78. The molecule has 1 heterocycles. The predicted molar refractivity (Wildman–Crippen MR) is 108 cm³/mol. The van der Waals surface area contributed by atoms with Gasteiger partial charge in [-0.15, -0.1) is 0 Å². The number of nitrogens with one attached hydrogen (secondary N) is 1. The number of benzene rings is 1. The molecule has 152 valence electrons. The summed E-state index contributed by atoms with van der Waals surface area (Å²) in [5, 5.41) is 2.69. The average molecular weight is 387 g/mol. The first-order chi connectivity index (χ1) is 13.5. The first-order valence-corrected chi connectivity index (χ1v) is 9.93. The second-order valence-electron chi connectivity index (χ2n) is 6.78. The Kier molecular flexibility index (Phi) is 8.17. The fourth-order valence-corrected chi connectivity index (χ4v) is 2.87. The van der Waals surface area contributed by atoms with E-state index in [0.717, 1.165) is 30.3 Å². The van der Waals surface area contributed by atoms with Crippen molar-refractivity contribution in [3.05, 3.63) is 40.3 Å². The molecule has 0 spiro atoms. The van der Waals surface area contributed by atoms with E-state index in [-0.39, 0.29) is 24.3 Å². The lowest BCUT2D eigenvalue weighted by atomic mass is 10.2. The predicted octanol–water partition coefficient (Wildman–Crippen LogP) is 2.59. The summed E-state index contributed by atoms with van der Waals surface area (Å²) in [6, 6.07) is 7.50. The van der Waals surface area contributed by atoms with Gasteiger partial charge >= 0.3 is 5.97 Å². The van der Waals surface area contributed by atoms with Crippen LogP contribution < -0.4 is 10.9 Å². The highest BCUT2D eigenvalue weighted by Gasteiger charge is 2.18. The maximum absolute atomic E-state index is 12.8. The molecular weight excluding hydrogens is 358 g/mol. The minimum Gasteiger partial charge on any atom is -0.453 e. The van der Waals surface area contributed by atoms with Crippen molar-refractivity contribution >= 4 is 22.9 Å². The number of unbranched alkanes of at least 4 members (excludes halogenated alkanes) is 1. The van der Waals surface area contributed by atoms with Gasteiger partial charge in [0.25, 0.3) is 11.5 Å². The van der Waals surface area contributed by atoms with E-state index in [2.05, 4.69) is 17.2 Å². The molecule has 0 fully saturated rings. The number of hydrogen-bond acceptors (Lipinski definition) is 5. The van der Waals surface area contributed by atoms with Gasteiger partial charge in [0, 0.05) is 19.5 Å². The van der Waals surface area contributed by atoms with E-state index in [1.165, 1.54) is 6.92 Å². The molecule has 2 aromatic rings. The zero-order chi connectivity index (χ0) is 20.5. The number of amides is 1. The standard InChI is InChI=1S/C21H29N3O4/c1-4-6-14-24-18-10-8-7-9-16(18)23-17(21(24)27)11-12-19(25)28-15(3)20(26)22-13-5-2/h7-10,15H,4-6,11-14H2,1-3H3,(H,22,26)/t15-/m1/s1. The van der Waals surface area contributed by atoms with Crippen molar-refractivity contribution in [2.45, 2.75) is 65.5 Å². The first-order valence-electron chi connectivity index (χ1n) is 9.93. The molecule has 1 N–H and O–H groups in total. The topological polar surface area (TPSA) is 90.3 Å². The number of carbonyl (C=O) groups excluding carboxylic acids is 2. The van der Waals surface area contributed by atoms with Gasteiger partial charge in [0.1, 0.15) is 5.69 Å². The number of nitrogens with zero attached hydrogens (tertiary/aromatic N) is 2. The molecule has 1 aromatic heterocycles. The minimum absolute atomic E-state index is 0.000242. The maximum Gasteiger partial charge on any atom is 0.306 e. The van der Waals surface area contributed by atoms with Crippen LogP contribution in [-0.2, 0) is 27.3 Å². The molecule has 1 amide bonds. The van der Waals surface area contributed by atoms with E-state index in [9.17, 15) is 14.4 Å². The van der Waals surface area contributed by atoms with Crippen molar-refractivity contribution < 1.29 is 14.3 Å².